The summed E-state index contributed by atoms with van der Waals surface area (Å²) in [5, 5.41) is 4.02. The number of nitrogens with one attached hydrogen (secondary N) is 3. The van der Waals surface area contributed by atoms with Crippen LogP contribution in [-0.4, -0.2) is 38.1 Å². The number of aromatic amines is 2. The summed E-state index contributed by atoms with van der Waals surface area (Å²) < 4.78 is 0. The standard InChI is InChI=1S/C19H17N5O2S/c25-17-12-6-1-2-7-13(12)23-19(24-17)27-11-5-10-20-18(26)16-21-14-8-3-4-9-15(14)22-16/h1-4,6-9H,5,10-11H2,(H,20,26)(H,21,22)(H,23,24,25). The maximum atomic E-state index is 12.2. The first-order valence-corrected chi connectivity index (χ1v) is 9.54. The van der Waals surface area contributed by atoms with E-state index in [2.05, 4.69) is 25.3 Å². The number of imidazole rings is 1. The van der Waals surface area contributed by atoms with Gasteiger partial charge in [0.15, 0.2) is 11.0 Å². The molecule has 3 N–H and O–H groups in total. The summed E-state index contributed by atoms with van der Waals surface area (Å²) in [6, 6.07) is 14.8. The highest BCUT2D eigenvalue weighted by Gasteiger charge is 2.10. The third kappa shape index (κ3) is 3.85. The van der Waals surface area contributed by atoms with Crippen LogP contribution in [-0.2, 0) is 0 Å². The Balaban J connectivity index is 1.29. The number of rotatable bonds is 6. The predicted molar refractivity (Wildman–Crippen MR) is 106 cm³/mol. The van der Waals surface area contributed by atoms with Crippen LogP contribution in [0.4, 0.5) is 0 Å². The number of para-hydroxylation sites is 3. The number of thioether (sulfide) groups is 1. The third-order valence-corrected chi connectivity index (χ3v) is 5.00. The maximum absolute atomic E-state index is 12.2. The molecule has 27 heavy (non-hydrogen) atoms. The van der Waals surface area contributed by atoms with Crippen LogP contribution in [0.25, 0.3) is 21.9 Å². The molecule has 0 radical (unpaired) electrons. The first kappa shape index (κ1) is 17.3. The summed E-state index contributed by atoms with van der Waals surface area (Å²) in [4.78, 5) is 38.7. The van der Waals surface area contributed by atoms with Crippen LogP contribution in [0.1, 0.15) is 17.0 Å². The van der Waals surface area contributed by atoms with Crippen molar-refractivity contribution >= 4 is 39.6 Å². The average molecular weight is 379 g/mol. The van der Waals surface area contributed by atoms with Gasteiger partial charge in [-0.1, -0.05) is 36.0 Å². The number of amides is 1. The Morgan fingerprint density at radius 3 is 2.63 bits per heavy atom. The minimum Gasteiger partial charge on any atom is -0.349 e. The van der Waals surface area contributed by atoms with Crippen molar-refractivity contribution in [2.75, 3.05) is 12.3 Å². The van der Waals surface area contributed by atoms with E-state index in [0.717, 1.165) is 23.2 Å². The lowest BCUT2D eigenvalue weighted by Gasteiger charge is -2.04. The third-order valence-electron chi connectivity index (χ3n) is 4.04. The molecule has 7 nitrogen and oxygen atoms in total. The Morgan fingerprint density at radius 2 is 1.78 bits per heavy atom. The highest BCUT2D eigenvalue weighted by Crippen LogP contribution is 2.15. The van der Waals surface area contributed by atoms with Crippen LogP contribution in [0.15, 0.2) is 58.5 Å². The summed E-state index contributed by atoms with van der Waals surface area (Å²) in [7, 11) is 0. The van der Waals surface area contributed by atoms with Gasteiger partial charge in [-0.15, -0.1) is 0 Å². The Hall–Kier alpha value is -3.13. The Labute approximate surface area is 158 Å². The highest BCUT2D eigenvalue weighted by molar-refractivity contribution is 7.99. The number of fused-ring (bicyclic) bond motifs is 2. The fourth-order valence-electron chi connectivity index (χ4n) is 2.72. The molecule has 0 saturated carbocycles. The Morgan fingerprint density at radius 1 is 1.00 bits per heavy atom. The molecule has 0 bridgehead atoms. The summed E-state index contributed by atoms with van der Waals surface area (Å²) >= 11 is 1.46. The van der Waals surface area contributed by atoms with Gasteiger partial charge < -0.3 is 15.3 Å². The predicted octanol–water partition coefficient (Wildman–Crippen LogP) is 2.71. The lowest BCUT2D eigenvalue weighted by Crippen LogP contribution is -2.25. The molecule has 2 aromatic carbocycles. The summed E-state index contributed by atoms with van der Waals surface area (Å²) in [6.07, 6.45) is 0.743. The molecule has 136 valence electrons. The van der Waals surface area contributed by atoms with Gasteiger partial charge in [-0.25, -0.2) is 9.97 Å². The van der Waals surface area contributed by atoms with E-state index in [4.69, 9.17) is 0 Å². The number of carbonyl (C=O) groups is 1. The second kappa shape index (κ2) is 7.63. The van der Waals surface area contributed by atoms with Crippen molar-refractivity contribution in [3.05, 3.63) is 64.7 Å². The highest BCUT2D eigenvalue weighted by atomic mass is 32.2. The van der Waals surface area contributed by atoms with E-state index in [1.54, 1.807) is 6.07 Å². The van der Waals surface area contributed by atoms with E-state index in [1.165, 1.54) is 11.8 Å². The molecule has 0 unspecified atom stereocenters. The number of aromatic nitrogens is 4. The van der Waals surface area contributed by atoms with Gasteiger partial charge in [-0.3, -0.25) is 9.59 Å². The minimum absolute atomic E-state index is 0.138. The first-order chi connectivity index (χ1) is 13.2. The molecule has 0 spiro atoms. The van der Waals surface area contributed by atoms with Crippen molar-refractivity contribution in [1.82, 2.24) is 25.3 Å². The van der Waals surface area contributed by atoms with Crippen molar-refractivity contribution in [3.63, 3.8) is 0 Å². The smallest absolute Gasteiger partial charge is 0.287 e. The molecule has 0 atom stereocenters. The van der Waals surface area contributed by atoms with Crippen molar-refractivity contribution in [2.24, 2.45) is 0 Å². The molecule has 0 aliphatic carbocycles. The van der Waals surface area contributed by atoms with E-state index < -0.39 is 0 Å². The van der Waals surface area contributed by atoms with Gasteiger partial charge in [0.25, 0.3) is 11.5 Å². The molecule has 4 aromatic rings. The van der Waals surface area contributed by atoms with Crippen molar-refractivity contribution in [3.8, 4) is 0 Å². The number of nitrogens with zero attached hydrogens (tertiary/aromatic N) is 2. The Bertz CT molecular complexity index is 1130. The molecule has 4 rings (SSSR count). The largest absolute Gasteiger partial charge is 0.349 e. The summed E-state index contributed by atoms with van der Waals surface area (Å²) in [5.74, 6) is 0.805. The normalized spacial score (nSPS) is 11.1. The second-order valence-corrected chi connectivity index (χ2v) is 7.03. The zero-order valence-electron chi connectivity index (χ0n) is 14.4. The van der Waals surface area contributed by atoms with E-state index in [-0.39, 0.29) is 11.5 Å². The van der Waals surface area contributed by atoms with Crippen molar-refractivity contribution < 1.29 is 4.79 Å². The number of benzene rings is 2. The minimum atomic E-state index is -0.228. The SMILES string of the molecule is O=C(NCCCSc1nc2ccccc2c(=O)[nH]1)c1nc2ccccc2[nH]1. The molecule has 0 aliphatic rings. The number of hydrogen-bond acceptors (Lipinski definition) is 5. The van der Waals surface area contributed by atoms with Gasteiger partial charge in [0.1, 0.15) is 0 Å². The van der Waals surface area contributed by atoms with Crippen LogP contribution >= 0.6 is 11.8 Å². The fourth-order valence-corrected chi connectivity index (χ4v) is 3.53. The van der Waals surface area contributed by atoms with E-state index in [1.807, 2.05) is 42.5 Å². The molecule has 0 fully saturated rings. The molecule has 2 heterocycles. The van der Waals surface area contributed by atoms with Crippen LogP contribution in [0.5, 0.6) is 0 Å². The quantitative estimate of drug-likeness (QED) is 0.271. The molecule has 1 amide bonds. The zero-order valence-corrected chi connectivity index (χ0v) is 15.2. The van der Waals surface area contributed by atoms with Crippen molar-refractivity contribution in [1.29, 1.82) is 0 Å². The Kier molecular flexibility index (Phi) is 4.88. The molecular weight excluding hydrogens is 362 g/mol. The molecule has 0 saturated heterocycles. The number of H-pyrrole nitrogens is 2. The first-order valence-electron chi connectivity index (χ1n) is 8.55. The van der Waals surface area contributed by atoms with Gasteiger partial charge >= 0.3 is 0 Å². The zero-order chi connectivity index (χ0) is 18.6. The molecule has 0 aliphatic heterocycles. The van der Waals surface area contributed by atoms with Crippen LogP contribution in [0, 0.1) is 0 Å². The van der Waals surface area contributed by atoms with Crippen LogP contribution in [0.3, 0.4) is 0 Å². The number of hydrogen-bond donors (Lipinski definition) is 3. The van der Waals surface area contributed by atoms with Gasteiger partial charge in [-0.2, -0.15) is 0 Å². The van der Waals surface area contributed by atoms with Crippen LogP contribution in [0.2, 0.25) is 0 Å². The van der Waals surface area contributed by atoms with Gasteiger partial charge in [0.2, 0.25) is 0 Å². The molecule has 8 heteroatoms. The van der Waals surface area contributed by atoms with Gasteiger partial charge in [0, 0.05) is 12.3 Å². The van der Waals surface area contributed by atoms with Crippen molar-refractivity contribution in [2.45, 2.75) is 11.6 Å². The van der Waals surface area contributed by atoms with E-state index in [9.17, 15) is 9.59 Å². The van der Waals surface area contributed by atoms with Crippen LogP contribution < -0.4 is 10.9 Å². The number of carbonyl (C=O) groups excluding carboxylic acids is 1. The van der Waals surface area contributed by atoms with E-state index in [0.29, 0.717) is 28.4 Å². The van der Waals surface area contributed by atoms with Gasteiger partial charge in [0.05, 0.1) is 21.9 Å². The van der Waals surface area contributed by atoms with E-state index >= 15 is 0 Å². The lowest BCUT2D eigenvalue weighted by molar-refractivity contribution is 0.0944. The molecular formula is C19H17N5O2S. The topological polar surface area (TPSA) is 104 Å². The van der Waals surface area contributed by atoms with Gasteiger partial charge in [-0.05, 0) is 30.7 Å². The fraction of sp³-hybridized carbons (Fsp3) is 0.158. The monoisotopic (exact) mass is 379 g/mol. The second-order valence-electron chi connectivity index (χ2n) is 5.95. The maximum Gasteiger partial charge on any atom is 0.287 e. The summed E-state index contributed by atoms with van der Waals surface area (Å²) in [6.45, 7) is 0.515. The molecule has 2 aromatic heterocycles. The average Bonchev–Trinajstić information content (AvgIpc) is 3.12. The lowest BCUT2D eigenvalue weighted by atomic mass is 10.2. The summed E-state index contributed by atoms with van der Waals surface area (Å²) in [5.41, 5.74) is 2.15.